The summed E-state index contributed by atoms with van der Waals surface area (Å²) in [5, 5.41) is 10.7. The summed E-state index contributed by atoms with van der Waals surface area (Å²) in [6.45, 7) is 5.58. The van der Waals surface area contributed by atoms with Gasteiger partial charge < -0.3 is 5.11 Å². The standard InChI is InChI=1S/C11H16BrNO2S/c1-8(2)13(5-3-11(14)15)7-10-9(12)4-6-16-10/h4,6,8H,3,5,7H2,1-2H3,(H,14,15). The van der Waals surface area contributed by atoms with Gasteiger partial charge in [0.15, 0.2) is 0 Å². The molecule has 0 aromatic carbocycles. The monoisotopic (exact) mass is 305 g/mol. The van der Waals surface area contributed by atoms with Gasteiger partial charge in [-0.15, -0.1) is 11.3 Å². The molecule has 0 bridgehead atoms. The second-order valence-corrected chi connectivity index (χ2v) is 5.75. The van der Waals surface area contributed by atoms with Crippen LogP contribution in [0.2, 0.25) is 0 Å². The number of carboxylic acids is 1. The van der Waals surface area contributed by atoms with Crippen LogP contribution >= 0.6 is 27.3 Å². The molecule has 0 aliphatic heterocycles. The predicted octanol–water partition coefficient (Wildman–Crippen LogP) is 3.20. The van der Waals surface area contributed by atoms with Gasteiger partial charge in [-0.1, -0.05) is 0 Å². The van der Waals surface area contributed by atoms with Crippen molar-refractivity contribution < 1.29 is 9.90 Å². The summed E-state index contributed by atoms with van der Waals surface area (Å²) in [7, 11) is 0. The number of carboxylic acid groups (broad SMARTS) is 1. The number of rotatable bonds is 6. The quantitative estimate of drug-likeness (QED) is 0.877. The molecule has 0 aliphatic carbocycles. The van der Waals surface area contributed by atoms with Crippen LogP contribution in [0.25, 0.3) is 0 Å². The van der Waals surface area contributed by atoms with E-state index in [0.717, 1.165) is 11.0 Å². The molecular formula is C11H16BrNO2S. The molecule has 1 aromatic heterocycles. The fourth-order valence-electron chi connectivity index (χ4n) is 1.38. The molecule has 0 saturated carbocycles. The van der Waals surface area contributed by atoms with Crippen LogP contribution in [0.5, 0.6) is 0 Å². The first-order chi connectivity index (χ1) is 7.50. The van der Waals surface area contributed by atoms with Crippen molar-refractivity contribution >= 4 is 33.2 Å². The summed E-state index contributed by atoms with van der Waals surface area (Å²) in [5.74, 6) is -0.740. The molecule has 1 N–H and O–H groups in total. The number of hydrogen-bond acceptors (Lipinski definition) is 3. The smallest absolute Gasteiger partial charge is 0.304 e. The molecule has 3 nitrogen and oxygen atoms in total. The van der Waals surface area contributed by atoms with Crippen molar-refractivity contribution in [3.8, 4) is 0 Å². The van der Waals surface area contributed by atoms with Crippen LogP contribution in [0, 0.1) is 0 Å². The molecule has 0 saturated heterocycles. The number of aliphatic carboxylic acids is 1. The lowest BCUT2D eigenvalue weighted by atomic mass is 10.2. The average molecular weight is 306 g/mol. The fourth-order valence-corrected chi connectivity index (χ4v) is 2.88. The van der Waals surface area contributed by atoms with Crippen molar-refractivity contribution in [2.24, 2.45) is 0 Å². The average Bonchev–Trinajstić information content (AvgIpc) is 2.58. The van der Waals surface area contributed by atoms with E-state index in [1.54, 1.807) is 11.3 Å². The molecule has 0 radical (unpaired) electrons. The van der Waals surface area contributed by atoms with Gasteiger partial charge in [-0.2, -0.15) is 0 Å². The van der Waals surface area contributed by atoms with E-state index < -0.39 is 5.97 Å². The van der Waals surface area contributed by atoms with Crippen molar-refractivity contribution in [3.63, 3.8) is 0 Å². The van der Waals surface area contributed by atoms with Crippen LogP contribution in [0.1, 0.15) is 25.1 Å². The van der Waals surface area contributed by atoms with Gasteiger partial charge in [0, 0.05) is 28.5 Å². The van der Waals surface area contributed by atoms with Crippen molar-refractivity contribution in [2.75, 3.05) is 6.54 Å². The summed E-state index contributed by atoms with van der Waals surface area (Å²) in [4.78, 5) is 14.0. The molecule has 1 rings (SSSR count). The highest BCUT2D eigenvalue weighted by molar-refractivity contribution is 9.10. The molecule has 1 heterocycles. The highest BCUT2D eigenvalue weighted by Crippen LogP contribution is 2.24. The lowest BCUT2D eigenvalue weighted by Gasteiger charge is -2.25. The molecule has 0 amide bonds. The second kappa shape index (κ2) is 6.37. The Labute approximate surface area is 108 Å². The van der Waals surface area contributed by atoms with Gasteiger partial charge >= 0.3 is 5.97 Å². The van der Waals surface area contributed by atoms with E-state index in [1.165, 1.54) is 4.88 Å². The zero-order chi connectivity index (χ0) is 12.1. The predicted molar refractivity (Wildman–Crippen MR) is 69.8 cm³/mol. The molecule has 0 aliphatic rings. The fraction of sp³-hybridized carbons (Fsp3) is 0.545. The molecule has 1 aromatic rings. The van der Waals surface area contributed by atoms with Gasteiger partial charge in [-0.3, -0.25) is 9.69 Å². The summed E-state index contributed by atoms with van der Waals surface area (Å²) in [6.07, 6.45) is 0.196. The summed E-state index contributed by atoms with van der Waals surface area (Å²) in [6, 6.07) is 2.38. The second-order valence-electron chi connectivity index (χ2n) is 3.90. The van der Waals surface area contributed by atoms with Gasteiger partial charge in [-0.05, 0) is 41.2 Å². The Morgan fingerprint density at radius 2 is 2.31 bits per heavy atom. The minimum atomic E-state index is -0.740. The van der Waals surface area contributed by atoms with E-state index in [9.17, 15) is 4.79 Å². The molecule has 0 fully saturated rings. The van der Waals surface area contributed by atoms with Crippen molar-refractivity contribution in [2.45, 2.75) is 32.9 Å². The van der Waals surface area contributed by atoms with Gasteiger partial charge in [0.1, 0.15) is 0 Å². The number of hydrogen-bond donors (Lipinski definition) is 1. The maximum absolute atomic E-state index is 10.6. The topological polar surface area (TPSA) is 40.5 Å². The molecule has 16 heavy (non-hydrogen) atoms. The van der Waals surface area contributed by atoms with Crippen LogP contribution in [0.15, 0.2) is 15.9 Å². The number of halogens is 1. The first kappa shape index (κ1) is 13.7. The van der Waals surface area contributed by atoms with Crippen molar-refractivity contribution in [1.82, 2.24) is 4.90 Å². The molecular weight excluding hydrogens is 290 g/mol. The number of nitrogens with zero attached hydrogens (tertiary/aromatic N) is 1. The van der Waals surface area contributed by atoms with Crippen LogP contribution in [0.4, 0.5) is 0 Å². The SMILES string of the molecule is CC(C)N(CCC(=O)O)Cc1sccc1Br. The summed E-state index contributed by atoms with van der Waals surface area (Å²) in [5.41, 5.74) is 0. The lowest BCUT2D eigenvalue weighted by molar-refractivity contribution is -0.137. The van der Waals surface area contributed by atoms with Gasteiger partial charge in [0.2, 0.25) is 0 Å². The van der Waals surface area contributed by atoms with Crippen LogP contribution in [-0.2, 0) is 11.3 Å². The Bertz CT molecular complexity index is 352. The Hall–Kier alpha value is -0.390. The lowest BCUT2D eigenvalue weighted by Crippen LogP contribution is -2.32. The zero-order valence-electron chi connectivity index (χ0n) is 9.44. The van der Waals surface area contributed by atoms with E-state index >= 15 is 0 Å². The summed E-state index contributed by atoms with van der Waals surface area (Å²) >= 11 is 5.18. The van der Waals surface area contributed by atoms with E-state index in [2.05, 4.69) is 34.7 Å². The minimum absolute atomic E-state index is 0.196. The van der Waals surface area contributed by atoms with E-state index in [1.807, 2.05) is 11.4 Å². The van der Waals surface area contributed by atoms with E-state index in [0.29, 0.717) is 12.6 Å². The van der Waals surface area contributed by atoms with E-state index in [-0.39, 0.29) is 6.42 Å². The minimum Gasteiger partial charge on any atom is -0.481 e. The third-order valence-corrected chi connectivity index (χ3v) is 4.29. The summed E-state index contributed by atoms with van der Waals surface area (Å²) < 4.78 is 1.11. The zero-order valence-corrected chi connectivity index (χ0v) is 11.8. The maximum atomic E-state index is 10.6. The van der Waals surface area contributed by atoms with Gasteiger partial charge in [0.05, 0.1) is 6.42 Å². The Balaban J connectivity index is 2.58. The largest absolute Gasteiger partial charge is 0.481 e. The Kier molecular flexibility index (Phi) is 5.44. The van der Waals surface area contributed by atoms with Crippen molar-refractivity contribution in [3.05, 3.63) is 20.8 Å². The third kappa shape index (κ3) is 4.23. The van der Waals surface area contributed by atoms with E-state index in [4.69, 9.17) is 5.11 Å². The highest BCUT2D eigenvalue weighted by atomic mass is 79.9. The molecule has 5 heteroatoms. The number of carbonyl (C=O) groups is 1. The highest BCUT2D eigenvalue weighted by Gasteiger charge is 2.13. The van der Waals surface area contributed by atoms with Gasteiger partial charge in [0.25, 0.3) is 0 Å². The maximum Gasteiger partial charge on any atom is 0.304 e. The molecule has 0 spiro atoms. The first-order valence-electron chi connectivity index (χ1n) is 5.18. The molecule has 0 unspecified atom stereocenters. The Morgan fingerprint density at radius 3 is 2.75 bits per heavy atom. The van der Waals surface area contributed by atoms with Crippen LogP contribution in [0.3, 0.4) is 0 Å². The normalized spacial score (nSPS) is 11.3. The number of thiophene rings is 1. The molecule has 0 atom stereocenters. The molecule has 90 valence electrons. The van der Waals surface area contributed by atoms with Crippen LogP contribution in [-0.4, -0.2) is 28.6 Å². The van der Waals surface area contributed by atoms with Crippen LogP contribution < -0.4 is 0 Å². The van der Waals surface area contributed by atoms with Gasteiger partial charge in [-0.25, -0.2) is 0 Å². The third-order valence-electron chi connectivity index (χ3n) is 2.38. The first-order valence-corrected chi connectivity index (χ1v) is 6.85. The van der Waals surface area contributed by atoms with Crippen molar-refractivity contribution in [1.29, 1.82) is 0 Å². The Morgan fingerprint density at radius 1 is 1.62 bits per heavy atom.